The summed E-state index contributed by atoms with van der Waals surface area (Å²) >= 11 is 3.77. The van der Waals surface area contributed by atoms with Gasteiger partial charge in [0, 0.05) is 6.61 Å². The molecule has 2 unspecified atom stereocenters. The molecule has 1 aliphatic rings. The fourth-order valence-corrected chi connectivity index (χ4v) is 3.28. The minimum absolute atomic E-state index is 0.253. The molecule has 2 atom stereocenters. The lowest BCUT2D eigenvalue weighted by Crippen LogP contribution is -2.23. The molecule has 0 amide bonds. The lowest BCUT2D eigenvalue weighted by atomic mass is 10.0. The SMILES string of the molecule is BrC(c1ccc(Oc2ccccc2)cc1)C1CCCCO1. The van der Waals surface area contributed by atoms with E-state index in [0.29, 0.717) is 0 Å². The van der Waals surface area contributed by atoms with Crippen LogP contribution in [0.4, 0.5) is 0 Å². The zero-order valence-corrected chi connectivity index (χ0v) is 13.5. The average Bonchev–Trinajstić information content (AvgIpc) is 2.57. The minimum atomic E-state index is 0.253. The summed E-state index contributed by atoms with van der Waals surface area (Å²) in [6, 6.07) is 18.1. The number of hydrogen-bond donors (Lipinski definition) is 0. The summed E-state index contributed by atoms with van der Waals surface area (Å²) in [5, 5.41) is 0. The molecule has 3 rings (SSSR count). The fourth-order valence-electron chi connectivity index (χ4n) is 2.56. The van der Waals surface area contributed by atoms with Crippen molar-refractivity contribution in [2.24, 2.45) is 0 Å². The van der Waals surface area contributed by atoms with Crippen LogP contribution in [0.25, 0.3) is 0 Å². The molecule has 2 aromatic carbocycles. The summed E-state index contributed by atoms with van der Waals surface area (Å²) in [6.45, 7) is 0.877. The highest BCUT2D eigenvalue weighted by Gasteiger charge is 2.23. The Morgan fingerprint density at radius 1 is 0.952 bits per heavy atom. The van der Waals surface area contributed by atoms with Crippen LogP contribution in [0.3, 0.4) is 0 Å². The number of benzene rings is 2. The summed E-state index contributed by atoms with van der Waals surface area (Å²) in [5.74, 6) is 1.71. The maximum Gasteiger partial charge on any atom is 0.127 e. The van der Waals surface area contributed by atoms with Crippen LogP contribution < -0.4 is 4.74 Å². The Balaban J connectivity index is 1.66. The molecule has 1 heterocycles. The summed E-state index contributed by atoms with van der Waals surface area (Å²) < 4.78 is 11.7. The van der Waals surface area contributed by atoms with Crippen molar-refractivity contribution in [1.29, 1.82) is 0 Å². The first-order valence-electron chi connectivity index (χ1n) is 7.41. The van der Waals surface area contributed by atoms with Crippen LogP contribution in [-0.4, -0.2) is 12.7 Å². The molecule has 21 heavy (non-hydrogen) atoms. The molecule has 2 nitrogen and oxygen atoms in total. The number of para-hydroxylation sites is 1. The van der Waals surface area contributed by atoms with Crippen molar-refractivity contribution in [3.63, 3.8) is 0 Å². The second kappa shape index (κ2) is 7.10. The molecule has 2 aromatic rings. The number of hydrogen-bond acceptors (Lipinski definition) is 2. The lowest BCUT2D eigenvalue weighted by molar-refractivity contribution is 0.0160. The van der Waals surface area contributed by atoms with E-state index in [9.17, 15) is 0 Å². The molecule has 0 spiro atoms. The lowest BCUT2D eigenvalue weighted by Gasteiger charge is -2.27. The van der Waals surface area contributed by atoms with Gasteiger partial charge in [-0.15, -0.1) is 0 Å². The van der Waals surface area contributed by atoms with Gasteiger partial charge in [-0.25, -0.2) is 0 Å². The van der Waals surface area contributed by atoms with Gasteiger partial charge in [-0.1, -0.05) is 46.3 Å². The topological polar surface area (TPSA) is 18.5 Å². The molecule has 0 radical (unpaired) electrons. The van der Waals surface area contributed by atoms with Gasteiger partial charge in [0.1, 0.15) is 11.5 Å². The van der Waals surface area contributed by atoms with E-state index in [1.807, 2.05) is 42.5 Å². The van der Waals surface area contributed by atoms with Crippen molar-refractivity contribution in [3.05, 3.63) is 60.2 Å². The zero-order valence-electron chi connectivity index (χ0n) is 11.9. The predicted molar refractivity (Wildman–Crippen MR) is 88.2 cm³/mol. The van der Waals surface area contributed by atoms with E-state index in [1.165, 1.54) is 18.4 Å². The Kier molecular flexibility index (Phi) is 4.94. The Morgan fingerprint density at radius 2 is 1.67 bits per heavy atom. The smallest absolute Gasteiger partial charge is 0.127 e. The zero-order chi connectivity index (χ0) is 14.5. The molecule has 0 aliphatic carbocycles. The summed E-state index contributed by atoms with van der Waals surface area (Å²) in [4.78, 5) is 0.253. The highest BCUT2D eigenvalue weighted by molar-refractivity contribution is 9.09. The van der Waals surface area contributed by atoms with Gasteiger partial charge in [-0.3, -0.25) is 0 Å². The fraction of sp³-hybridized carbons (Fsp3) is 0.333. The van der Waals surface area contributed by atoms with E-state index in [1.54, 1.807) is 0 Å². The van der Waals surface area contributed by atoms with Crippen molar-refractivity contribution >= 4 is 15.9 Å². The maximum absolute atomic E-state index is 5.84. The van der Waals surface area contributed by atoms with E-state index in [-0.39, 0.29) is 10.9 Å². The molecule has 1 fully saturated rings. The third kappa shape index (κ3) is 3.86. The molecule has 3 heteroatoms. The van der Waals surface area contributed by atoms with E-state index >= 15 is 0 Å². The summed E-state index contributed by atoms with van der Waals surface area (Å²) in [7, 11) is 0. The standard InChI is InChI=1S/C18H19BrO2/c19-18(17-8-4-5-13-20-17)14-9-11-16(12-10-14)21-15-6-2-1-3-7-15/h1-3,6-7,9-12,17-18H,4-5,8,13H2. The van der Waals surface area contributed by atoms with Crippen molar-refractivity contribution < 1.29 is 9.47 Å². The van der Waals surface area contributed by atoms with Gasteiger partial charge in [-0.2, -0.15) is 0 Å². The number of halogens is 1. The molecular formula is C18H19BrO2. The van der Waals surface area contributed by atoms with E-state index < -0.39 is 0 Å². The molecule has 1 aliphatic heterocycles. The average molecular weight is 347 g/mol. The first-order valence-corrected chi connectivity index (χ1v) is 8.33. The number of rotatable bonds is 4. The monoisotopic (exact) mass is 346 g/mol. The molecule has 0 saturated carbocycles. The van der Waals surface area contributed by atoms with Crippen molar-refractivity contribution in [3.8, 4) is 11.5 Å². The number of alkyl halides is 1. The van der Waals surface area contributed by atoms with Gasteiger partial charge >= 0.3 is 0 Å². The second-order valence-corrected chi connectivity index (χ2v) is 6.28. The third-order valence-electron chi connectivity index (χ3n) is 3.72. The van der Waals surface area contributed by atoms with Gasteiger partial charge in [0.15, 0.2) is 0 Å². The van der Waals surface area contributed by atoms with Crippen molar-refractivity contribution in [2.45, 2.75) is 30.2 Å². The highest BCUT2D eigenvalue weighted by Crippen LogP contribution is 2.34. The van der Waals surface area contributed by atoms with Crippen molar-refractivity contribution in [1.82, 2.24) is 0 Å². The van der Waals surface area contributed by atoms with Crippen molar-refractivity contribution in [2.75, 3.05) is 6.61 Å². The third-order valence-corrected chi connectivity index (χ3v) is 4.84. The largest absolute Gasteiger partial charge is 0.457 e. The molecule has 0 N–H and O–H groups in total. The predicted octanol–water partition coefficient (Wildman–Crippen LogP) is 5.48. The second-order valence-electron chi connectivity index (χ2n) is 5.29. The molecule has 1 saturated heterocycles. The van der Waals surface area contributed by atoms with Crippen LogP contribution >= 0.6 is 15.9 Å². The Labute approximate surface area is 134 Å². The quantitative estimate of drug-likeness (QED) is 0.682. The van der Waals surface area contributed by atoms with Gasteiger partial charge in [0.25, 0.3) is 0 Å². The van der Waals surface area contributed by atoms with E-state index in [2.05, 4.69) is 28.1 Å². The van der Waals surface area contributed by atoms with Crippen LogP contribution in [-0.2, 0) is 4.74 Å². The molecule has 0 aromatic heterocycles. The van der Waals surface area contributed by atoms with Gasteiger partial charge in [-0.05, 0) is 49.1 Å². The maximum atomic E-state index is 5.84. The minimum Gasteiger partial charge on any atom is -0.457 e. The molecule has 0 bridgehead atoms. The summed E-state index contributed by atoms with van der Waals surface area (Å²) in [6.07, 6.45) is 3.83. The van der Waals surface area contributed by atoms with Crippen LogP contribution in [0.1, 0.15) is 29.7 Å². The normalized spacial score (nSPS) is 20.0. The Bertz CT molecular complexity index is 547. The van der Waals surface area contributed by atoms with E-state index in [0.717, 1.165) is 24.5 Å². The van der Waals surface area contributed by atoms with Crippen LogP contribution in [0.2, 0.25) is 0 Å². The molecule has 110 valence electrons. The first kappa shape index (κ1) is 14.6. The van der Waals surface area contributed by atoms with Gasteiger partial charge in [0.05, 0.1) is 10.9 Å². The first-order chi connectivity index (χ1) is 10.3. The molecular weight excluding hydrogens is 328 g/mol. The van der Waals surface area contributed by atoms with Crippen LogP contribution in [0.15, 0.2) is 54.6 Å². The summed E-state index contributed by atoms with van der Waals surface area (Å²) in [5.41, 5.74) is 1.24. The highest BCUT2D eigenvalue weighted by atomic mass is 79.9. The Hall–Kier alpha value is -1.32. The number of ether oxygens (including phenoxy) is 2. The van der Waals surface area contributed by atoms with Crippen LogP contribution in [0, 0.1) is 0 Å². The van der Waals surface area contributed by atoms with Gasteiger partial charge in [0.2, 0.25) is 0 Å². The van der Waals surface area contributed by atoms with Crippen LogP contribution in [0.5, 0.6) is 11.5 Å². The van der Waals surface area contributed by atoms with E-state index in [4.69, 9.17) is 9.47 Å². The Morgan fingerprint density at radius 3 is 2.33 bits per heavy atom. The van der Waals surface area contributed by atoms with Gasteiger partial charge < -0.3 is 9.47 Å².